The molecule has 0 fully saturated rings. The van der Waals surface area contributed by atoms with Gasteiger partial charge in [-0.15, -0.1) is 0 Å². The molecule has 0 unspecified atom stereocenters. The summed E-state index contributed by atoms with van der Waals surface area (Å²) < 4.78 is 261. The Balaban J connectivity index is 1.30. The van der Waals surface area contributed by atoms with Gasteiger partial charge in [0, 0.05) is 21.6 Å². The van der Waals surface area contributed by atoms with Crippen molar-refractivity contribution in [3.8, 4) is 33.4 Å². The molecule has 1 heteroatoms. The summed E-state index contributed by atoms with van der Waals surface area (Å²) in [6, 6.07) is -22.4. The average Bonchev–Trinajstić information content (AvgIpc) is 4.06. The van der Waals surface area contributed by atoms with Crippen molar-refractivity contribution in [1.29, 1.82) is 0 Å². The van der Waals surface area contributed by atoms with E-state index in [4.69, 9.17) is 27.7 Å². The van der Waals surface area contributed by atoms with Crippen molar-refractivity contribution in [2.45, 2.75) is 25.7 Å². The minimum atomic E-state index is -1.56. The molecule has 0 N–H and O–H groups in total. The van der Waals surface area contributed by atoms with Gasteiger partial charge in [-0.05, 0) is 101 Å². The predicted molar refractivity (Wildman–Crippen MR) is 224 cm³/mol. The quantitative estimate of drug-likeness (QED) is 0.166. The van der Waals surface area contributed by atoms with Gasteiger partial charge in [0.1, 0.15) is 11.2 Å². The first-order valence-electron chi connectivity index (χ1n) is 30.4. The molecule has 0 radical (unpaired) electrons. The molecule has 0 saturated heterocycles. The van der Waals surface area contributed by atoms with Crippen LogP contribution in [0.25, 0.3) is 87.6 Å². The van der Waals surface area contributed by atoms with E-state index in [1.54, 1.807) is 0 Å². The van der Waals surface area contributed by atoms with Crippen molar-refractivity contribution in [2.75, 3.05) is 0 Å². The van der Waals surface area contributed by atoms with Crippen LogP contribution in [0.3, 0.4) is 0 Å². The van der Waals surface area contributed by atoms with Gasteiger partial charge in [-0.25, -0.2) is 0 Å². The topological polar surface area (TPSA) is 13.1 Å². The molecule has 10 aromatic rings. The third-order valence-corrected chi connectivity index (χ3v) is 9.85. The molecule has 250 valence electrons. The predicted octanol–water partition coefficient (Wildman–Crippen LogP) is 14.3. The minimum absolute atomic E-state index is 0.0316. The Morgan fingerprint density at radius 2 is 1.09 bits per heavy atom. The maximum absolute atomic E-state index is 9.78. The van der Waals surface area contributed by atoms with Crippen molar-refractivity contribution in [3.63, 3.8) is 0 Å². The van der Waals surface area contributed by atoms with E-state index in [0.29, 0.717) is 0 Å². The van der Waals surface area contributed by atoms with Crippen molar-refractivity contribution >= 4 is 54.3 Å². The first kappa shape index (κ1) is 13.5. The molecule has 1 aromatic heterocycles. The van der Waals surface area contributed by atoms with E-state index >= 15 is 0 Å². The van der Waals surface area contributed by atoms with Crippen LogP contribution in [0.4, 0.5) is 0 Å². The number of hydrogen-bond acceptors (Lipinski definition) is 1. The maximum atomic E-state index is 9.78. The van der Waals surface area contributed by atoms with Crippen LogP contribution in [0.5, 0.6) is 0 Å². The molecule has 1 aliphatic rings. The van der Waals surface area contributed by atoms with Gasteiger partial charge in [0.2, 0.25) is 0 Å². The first-order chi connectivity index (χ1) is 37.7. The highest BCUT2D eigenvalue weighted by Crippen LogP contribution is 2.52. The van der Waals surface area contributed by atoms with Crippen LogP contribution >= 0.6 is 0 Å². The lowest BCUT2D eigenvalue weighted by Crippen LogP contribution is -2.16. The van der Waals surface area contributed by atoms with Crippen molar-refractivity contribution in [3.05, 3.63) is 191 Å². The van der Waals surface area contributed by atoms with Crippen LogP contribution < -0.4 is 0 Å². The molecule has 1 aliphatic carbocycles. The monoisotopic (exact) mass is 704 g/mol. The number of rotatable bonds is 4. The second-order valence-electron chi connectivity index (χ2n) is 13.0. The summed E-state index contributed by atoms with van der Waals surface area (Å²) in [6.45, 7) is 3.02. The molecule has 9 aromatic carbocycles. The highest BCUT2D eigenvalue weighted by molar-refractivity contribution is 6.18. The summed E-state index contributed by atoms with van der Waals surface area (Å²) in [7, 11) is 0. The third kappa shape index (κ3) is 4.38. The molecule has 1 nitrogen and oxygen atoms in total. The highest BCUT2D eigenvalue weighted by Gasteiger charge is 2.37. The van der Waals surface area contributed by atoms with E-state index in [1.165, 1.54) is 13.8 Å². The highest BCUT2D eigenvalue weighted by atomic mass is 16.3. The van der Waals surface area contributed by atoms with E-state index in [-0.39, 0.29) is 44.0 Å². The van der Waals surface area contributed by atoms with E-state index in [9.17, 15) is 15.1 Å². The molecule has 1 heterocycles. The Bertz CT molecular complexity index is 4620. The van der Waals surface area contributed by atoms with E-state index in [1.807, 2.05) is 0 Å². The Kier molecular flexibility index (Phi) is 2.88. The van der Waals surface area contributed by atoms with Gasteiger partial charge < -0.3 is 4.42 Å². The van der Waals surface area contributed by atoms with E-state index < -0.39 is 247 Å². The molecule has 0 bridgehead atoms. The summed E-state index contributed by atoms with van der Waals surface area (Å²) in [5.41, 5.74) is -6.35. The van der Waals surface area contributed by atoms with Crippen molar-refractivity contribution < 1.29 is 42.8 Å². The Labute approximate surface area is 348 Å². The fourth-order valence-corrected chi connectivity index (χ4v) is 7.53. The van der Waals surface area contributed by atoms with E-state index in [2.05, 4.69) is 0 Å². The van der Waals surface area contributed by atoms with Crippen LogP contribution in [-0.4, -0.2) is 0 Å². The minimum Gasteiger partial charge on any atom is -0.455 e. The summed E-state index contributed by atoms with van der Waals surface area (Å²) in [5, 5.41) is -3.87. The number of fused-ring (bicyclic) bond motifs is 10. The van der Waals surface area contributed by atoms with Gasteiger partial charge >= 0.3 is 0 Å². The maximum Gasteiger partial charge on any atom is 0.143 e. The molecule has 0 atom stereocenters. The van der Waals surface area contributed by atoms with Crippen LogP contribution in [0.15, 0.2) is 174 Å². The molecule has 11 rings (SSSR count). The lowest BCUT2D eigenvalue weighted by atomic mass is 9.78. The lowest BCUT2D eigenvalue weighted by molar-refractivity contribution is 0.662. The summed E-state index contributed by atoms with van der Waals surface area (Å²) >= 11 is 0. The molecule has 0 saturated carbocycles. The van der Waals surface area contributed by atoms with Gasteiger partial charge in [0.15, 0.2) is 0 Å². The smallest absolute Gasteiger partial charge is 0.143 e. The SMILES string of the molecule is [2H]c1c([2H])c([2H])c2c(c1[2H])-c1c([2H])c([2H])c([2H])c(-c3c([2H])c([2H])c(-c4c5c([2H])c([2H])c([2H])c([2H])c5c(Cc5c([2H])c([2H])c([2H])c6oc7c8c([2H])c([2H])c([2H])c([2H])c8c([2H])c([2H])c7c56)c5c([2H])c([2H])c([2H])c([2H])c45)c([2H])c3[2H])c1C2(C)C. The molecule has 0 aliphatic heterocycles. The second kappa shape index (κ2) is 11.3. The van der Waals surface area contributed by atoms with Gasteiger partial charge in [0.25, 0.3) is 0 Å². The Morgan fingerprint density at radius 3 is 1.87 bits per heavy atom. The molecule has 53 heavy (non-hydrogen) atoms. The molecule has 0 spiro atoms. The Hall–Kier alpha value is -6.44. The number of hydrogen-bond donors (Lipinski definition) is 0. The largest absolute Gasteiger partial charge is 0.455 e. The van der Waals surface area contributed by atoms with Crippen LogP contribution in [0.2, 0.25) is 0 Å². The zero-order chi connectivity index (χ0) is 59.6. The zero-order valence-corrected chi connectivity index (χ0v) is 27.6. The van der Waals surface area contributed by atoms with E-state index in [0.717, 1.165) is 0 Å². The summed E-state index contributed by atoms with van der Waals surface area (Å²) in [6.07, 6.45) is -0.862. The second-order valence-corrected chi connectivity index (χ2v) is 13.0. The van der Waals surface area contributed by atoms with Gasteiger partial charge in [0.05, 0.1) is 38.4 Å². The number of benzene rings is 9. The van der Waals surface area contributed by atoms with Crippen LogP contribution in [0.1, 0.15) is 74.5 Å². The standard InChI is InChI=1S/C52H36O/c1-52(2)46-23-10-9-18-40(46)43-22-12-21-36(50(43)52)33-25-27-34(28-26-33)48-41-19-7-5-16-38(41)45(39-17-6-8-20-42(39)48)31-35-14-11-24-47-49(35)44-30-29-32-13-3-4-15-37(32)51(44)53-47/h3-30H,31H2,1-2H3/i3D,4D,5D,6D,7D,8D,9D,10D,11D,12D,13D,14D,15D,16D,17D,18D,19D,20D,21D,22D,23D,24D,25D,26D,27D,28D,29D,30D. The normalized spacial score (nSPS) is 20.7. The van der Waals surface area contributed by atoms with Crippen LogP contribution in [-0.2, 0) is 11.8 Å². The van der Waals surface area contributed by atoms with Crippen molar-refractivity contribution in [1.82, 2.24) is 0 Å². The Morgan fingerprint density at radius 1 is 0.491 bits per heavy atom. The van der Waals surface area contributed by atoms with Gasteiger partial charge in [-0.2, -0.15) is 0 Å². The zero-order valence-electron chi connectivity index (χ0n) is 55.6. The first-order valence-corrected chi connectivity index (χ1v) is 16.4. The lowest BCUT2D eigenvalue weighted by Gasteiger charge is -2.24. The van der Waals surface area contributed by atoms with Gasteiger partial charge in [-0.1, -0.05) is 171 Å². The summed E-state index contributed by atoms with van der Waals surface area (Å²) in [4.78, 5) is 0. The third-order valence-electron chi connectivity index (χ3n) is 9.85. The molecular formula is C52H36O. The number of furan rings is 1. The molecular weight excluding hydrogens is 641 g/mol. The molecule has 0 amide bonds. The fourth-order valence-electron chi connectivity index (χ4n) is 7.53. The van der Waals surface area contributed by atoms with Crippen LogP contribution in [0, 0.1) is 0 Å². The van der Waals surface area contributed by atoms with Gasteiger partial charge in [-0.3, -0.25) is 0 Å². The summed E-state index contributed by atoms with van der Waals surface area (Å²) in [5.74, 6) is 0. The fraction of sp³-hybridized carbons (Fsp3) is 0.0769. The average molecular weight is 705 g/mol. The van der Waals surface area contributed by atoms with Crippen molar-refractivity contribution in [2.24, 2.45) is 0 Å².